The van der Waals surface area contributed by atoms with Crippen molar-refractivity contribution in [2.45, 2.75) is 13.8 Å². The minimum atomic E-state index is 0.590. The van der Waals surface area contributed by atoms with E-state index in [4.69, 9.17) is 23.2 Å². The van der Waals surface area contributed by atoms with Crippen LogP contribution in [0.4, 0.5) is 0 Å². The van der Waals surface area contributed by atoms with Crippen LogP contribution in [0.5, 0.6) is 0 Å². The van der Waals surface area contributed by atoms with Crippen LogP contribution in [0.3, 0.4) is 0 Å². The highest BCUT2D eigenvalue weighted by Gasteiger charge is 2.06. The Balaban J connectivity index is 2.54. The lowest BCUT2D eigenvalue weighted by Gasteiger charge is -2.05. The molecule has 1 heterocycles. The summed E-state index contributed by atoms with van der Waals surface area (Å²) in [6.45, 7) is 3.86. The average molecular weight is 241 g/mol. The van der Waals surface area contributed by atoms with Crippen molar-refractivity contribution in [3.63, 3.8) is 0 Å². The summed E-state index contributed by atoms with van der Waals surface area (Å²) in [5.41, 5.74) is 2.81. The fourth-order valence-corrected chi connectivity index (χ4v) is 1.83. The number of aryl methyl sites for hydroxylation is 2. The maximum atomic E-state index is 6.04. The van der Waals surface area contributed by atoms with E-state index in [0.717, 1.165) is 22.0 Å². The van der Waals surface area contributed by atoms with Gasteiger partial charge in [-0.2, -0.15) is 5.10 Å². The number of halogens is 2. The van der Waals surface area contributed by atoms with Gasteiger partial charge in [-0.15, -0.1) is 0 Å². The van der Waals surface area contributed by atoms with Crippen molar-refractivity contribution >= 4 is 23.2 Å². The molecule has 0 saturated heterocycles. The second-order valence-corrected chi connectivity index (χ2v) is 4.25. The van der Waals surface area contributed by atoms with Gasteiger partial charge in [0.2, 0.25) is 0 Å². The van der Waals surface area contributed by atoms with Crippen LogP contribution in [0.2, 0.25) is 10.2 Å². The molecule has 0 amide bonds. The third-order valence-electron chi connectivity index (χ3n) is 2.19. The van der Waals surface area contributed by atoms with E-state index in [2.05, 4.69) is 5.10 Å². The molecule has 0 fully saturated rings. The van der Waals surface area contributed by atoms with Crippen molar-refractivity contribution in [2.24, 2.45) is 0 Å². The Morgan fingerprint density at radius 3 is 2.40 bits per heavy atom. The molecule has 1 aromatic carbocycles. The SMILES string of the molecule is Cc1cc(Cl)n(-c2ccc(C)c(Cl)c2)n1. The Bertz CT molecular complexity index is 503. The molecule has 0 unspecified atom stereocenters. The minimum absolute atomic E-state index is 0.590. The Kier molecular flexibility index (Phi) is 2.72. The van der Waals surface area contributed by atoms with Crippen molar-refractivity contribution in [1.82, 2.24) is 9.78 Å². The molecule has 0 aliphatic carbocycles. The standard InChI is InChI=1S/C11H10Cl2N2/c1-7-3-4-9(6-10(7)12)15-11(13)5-8(2)14-15/h3-6H,1-2H3. The summed E-state index contributed by atoms with van der Waals surface area (Å²) in [5.74, 6) is 0. The molecule has 1 aromatic heterocycles. The van der Waals surface area contributed by atoms with Crippen LogP contribution in [0, 0.1) is 13.8 Å². The Morgan fingerprint density at radius 1 is 1.13 bits per heavy atom. The summed E-state index contributed by atoms with van der Waals surface area (Å²) in [7, 11) is 0. The second-order valence-electron chi connectivity index (χ2n) is 3.45. The molecule has 0 N–H and O–H groups in total. The number of aromatic nitrogens is 2. The van der Waals surface area contributed by atoms with Crippen LogP contribution in [0.1, 0.15) is 11.3 Å². The number of benzene rings is 1. The van der Waals surface area contributed by atoms with Gasteiger partial charge < -0.3 is 0 Å². The molecule has 0 bridgehead atoms. The van der Waals surface area contributed by atoms with Gasteiger partial charge in [0.15, 0.2) is 0 Å². The number of rotatable bonds is 1. The summed E-state index contributed by atoms with van der Waals surface area (Å²) in [5, 5.41) is 5.59. The van der Waals surface area contributed by atoms with E-state index in [-0.39, 0.29) is 0 Å². The molecule has 4 heteroatoms. The average Bonchev–Trinajstić information content (AvgIpc) is 2.50. The molecule has 2 aromatic rings. The van der Waals surface area contributed by atoms with Gasteiger partial charge in [0.25, 0.3) is 0 Å². The molecule has 0 atom stereocenters. The minimum Gasteiger partial charge on any atom is -0.222 e. The third kappa shape index (κ3) is 2.01. The summed E-state index contributed by atoms with van der Waals surface area (Å²) in [4.78, 5) is 0. The maximum absolute atomic E-state index is 6.04. The number of hydrogen-bond donors (Lipinski definition) is 0. The zero-order valence-electron chi connectivity index (χ0n) is 8.46. The predicted octanol–water partition coefficient (Wildman–Crippen LogP) is 3.80. The summed E-state index contributed by atoms with van der Waals surface area (Å²) in [6.07, 6.45) is 0. The van der Waals surface area contributed by atoms with Gasteiger partial charge in [0.05, 0.1) is 11.4 Å². The summed E-state index contributed by atoms with van der Waals surface area (Å²) >= 11 is 12.1. The molecule has 0 aliphatic heterocycles. The van der Waals surface area contributed by atoms with Crippen molar-refractivity contribution in [1.29, 1.82) is 0 Å². The highest BCUT2D eigenvalue weighted by atomic mass is 35.5. The van der Waals surface area contributed by atoms with Crippen LogP contribution in [0.15, 0.2) is 24.3 Å². The lowest BCUT2D eigenvalue weighted by molar-refractivity contribution is 0.863. The topological polar surface area (TPSA) is 17.8 Å². The molecule has 2 rings (SSSR count). The molecule has 0 aliphatic rings. The first-order valence-corrected chi connectivity index (χ1v) is 5.32. The first-order valence-electron chi connectivity index (χ1n) is 4.56. The molecular weight excluding hydrogens is 231 g/mol. The van der Waals surface area contributed by atoms with Gasteiger partial charge in [-0.05, 0) is 37.6 Å². The first-order chi connectivity index (χ1) is 7.08. The van der Waals surface area contributed by atoms with E-state index in [1.165, 1.54) is 0 Å². The molecule has 0 saturated carbocycles. The van der Waals surface area contributed by atoms with Crippen molar-refractivity contribution in [3.05, 3.63) is 45.7 Å². The van der Waals surface area contributed by atoms with Crippen LogP contribution < -0.4 is 0 Å². The molecule has 0 spiro atoms. The van der Waals surface area contributed by atoms with E-state index in [1.807, 2.05) is 38.1 Å². The van der Waals surface area contributed by atoms with Gasteiger partial charge in [-0.3, -0.25) is 0 Å². The Labute approximate surface area is 98.4 Å². The van der Waals surface area contributed by atoms with Gasteiger partial charge in [-0.25, -0.2) is 4.68 Å². The number of nitrogens with zero attached hydrogens (tertiary/aromatic N) is 2. The first kappa shape index (κ1) is 10.5. The normalized spacial score (nSPS) is 10.7. The fourth-order valence-electron chi connectivity index (χ4n) is 1.36. The molecular formula is C11H10Cl2N2. The van der Waals surface area contributed by atoms with Crippen molar-refractivity contribution in [3.8, 4) is 5.69 Å². The third-order valence-corrected chi connectivity index (χ3v) is 2.86. The summed E-state index contributed by atoms with van der Waals surface area (Å²) in [6, 6.07) is 7.56. The number of hydrogen-bond acceptors (Lipinski definition) is 1. The lowest BCUT2D eigenvalue weighted by Crippen LogP contribution is -1.96. The monoisotopic (exact) mass is 240 g/mol. The van der Waals surface area contributed by atoms with E-state index in [1.54, 1.807) is 4.68 Å². The zero-order chi connectivity index (χ0) is 11.0. The Hall–Kier alpha value is -0.990. The van der Waals surface area contributed by atoms with Gasteiger partial charge in [-0.1, -0.05) is 29.3 Å². The molecule has 2 nitrogen and oxygen atoms in total. The van der Waals surface area contributed by atoms with Crippen molar-refractivity contribution < 1.29 is 0 Å². The van der Waals surface area contributed by atoms with Crippen LogP contribution >= 0.6 is 23.2 Å². The maximum Gasteiger partial charge on any atom is 0.133 e. The predicted molar refractivity (Wildman–Crippen MR) is 63.1 cm³/mol. The Morgan fingerprint density at radius 2 is 1.87 bits per heavy atom. The quantitative estimate of drug-likeness (QED) is 0.742. The second kappa shape index (κ2) is 3.87. The summed E-state index contributed by atoms with van der Waals surface area (Å²) < 4.78 is 1.67. The van der Waals surface area contributed by atoms with Gasteiger partial charge >= 0.3 is 0 Å². The lowest BCUT2D eigenvalue weighted by atomic mass is 10.2. The highest BCUT2D eigenvalue weighted by Crippen LogP contribution is 2.22. The zero-order valence-corrected chi connectivity index (χ0v) is 9.97. The van der Waals surface area contributed by atoms with Crippen molar-refractivity contribution in [2.75, 3.05) is 0 Å². The smallest absolute Gasteiger partial charge is 0.133 e. The fraction of sp³-hybridized carbons (Fsp3) is 0.182. The van der Waals surface area contributed by atoms with E-state index in [0.29, 0.717) is 5.15 Å². The molecule has 15 heavy (non-hydrogen) atoms. The molecule has 78 valence electrons. The molecule has 0 radical (unpaired) electrons. The van der Waals surface area contributed by atoms with E-state index < -0.39 is 0 Å². The highest BCUT2D eigenvalue weighted by molar-refractivity contribution is 6.31. The van der Waals surface area contributed by atoms with Crippen LogP contribution in [-0.4, -0.2) is 9.78 Å². The largest absolute Gasteiger partial charge is 0.222 e. The van der Waals surface area contributed by atoms with Gasteiger partial charge in [0, 0.05) is 5.02 Å². The van der Waals surface area contributed by atoms with Crippen LogP contribution in [-0.2, 0) is 0 Å². The van der Waals surface area contributed by atoms with E-state index in [9.17, 15) is 0 Å². The van der Waals surface area contributed by atoms with E-state index >= 15 is 0 Å². The van der Waals surface area contributed by atoms with Gasteiger partial charge in [0.1, 0.15) is 5.15 Å². The van der Waals surface area contributed by atoms with Crippen LogP contribution in [0.25, 0.3) is 5.69 Å².